The zero-order valence-corrected chi connectivity index (χ0v) is 21.9. The third-order valence-electron chi connectivity index (χ3n) is 6.68. The number of benzene rings is 2. The van der Waals surface area contributed by atoms with Gasteiger partial charge >= 0.3 is 18.3 Å². The molecule has 2 aromatic rings. The summed E-state index contributed by atoms with van der Waals surface area (Å²) in [7, 11) is 0. The minimum Gasteiger partial charge on any atom is -0.481 e. The highest BCUT2D eigenvalue weighted by atomic mass is 32.2. The Balaban J connectivity index is 1.68. The van der Waals surface area contributed by atoms with Crippen LogP contribution < -0.4 is 4.90 Å². The lowest BCUT2D eigenvalue weighted by atomic mass is 9.98. The van der Waals surface area contributed by atoms with E-state index in [0.29, 0.717) is 36.8 Å². The van der Waals surface area contributed by atoms with Crippen molar-refractivity contribution in [3.8, 4) is 0 Å². The first kappa shape index (κ1) is 29.8. The van der Waals surface area contributed by atoms with Crippen LogP contribution in [0.5, 0.6) is 0 Å². The fourth-order valence-corrected chi connectivity index (χ4v) is 5.78. The zero-order valence-electron chi connectivity index (χ0n) is 21.1. The molecule has 2 fully saturated rings. The summed E-state index contributed by atoms with van der Waals surface area (Å²) in [6.07, 6.45) is -7.97. The summed E-state index contributed by atoms with van der Waals surface area (Å²) in [5, 5.41) is 9.35. The monoisotopic (exact) mass is 588 g/mol. The molecule has 2 aliphatic rings. The molecule has 1 atom stereocenters. The molecule has 13 heteroatoms. The fourth-order valence-electron chi connectivity index (χ4n) is 4.74. The van der Waals surface area contributed by atoms with E-state index in [1.165, 1.54) is 17.0 Å². The highest BCUT2D eigenvalue weighted by Gasteiger charge is 2.46. The largest absolute Gasteiger partial charge is 0.481 e. The number of hydrogen-bond donors (Lipinski definition) is 1. The number of rotatable bonds is 6. The van der Waals surface area contributed by atoms with E-state index in [9.17, 15) is 41.0 Å². The van der Waals surface area contributed by atoms with Crippen LogP contribution in [0.2, 0.25) is 0 Å². The summed E-state index contributed by atoms with van der Waals surface area (Å²) < 4.78 is 90.2. The minimum absolute atomic E-state index is 0.222. The minimum atomic E-state index is -5.36. The average molecular weight is 589 g/mol. The molecule has 2 aromatic carbocycles. The number of carbonyl (C=O) groups is 2. The Morgan fingerprint density at radius 1 is 0.975 bits per heavy atom. The maximum atomic E-state index is 14.2. The predicted molar refractivity (Wildman–Crippen MR) is 136 cm³/mol. The van der Waals surface area contributed by atoms with Crippen molar-refractivity contribution in [3.63, 3.8) is 0 Å². The molecule has 0 spiro atoms. The number of hydrogen-bond acceptors (Lipinski definition) is 5. The standard InChI is InChI=1S/C27H26F6N2O4S/c28-26(29,30)23-17(7-9-22(36)34-11-13-39-14-12-34)6-8-21(24(23)27(31,32)33)40-20-5-1-4-19(15-20)35-10-2-3-18(16-35)25(37)38/h1,4-9,15,18H,2-3,10-14,16H2,(H,37,38)/b9-7+. The van der Waals surface area contributed by atoms with E-state index in [2.05, 4.69) is 0 Å². The molecule has 0 saturated carbocycles. The summed E-state index contributed by atoms with van der Waals surface area (Å²) in [6, 6.07) is 8.16. The molecule has 1 N–H and O–H groups in total. The number of halogens is 6. The third-order valence-corrected chi connectivity index (χ3v) is 7.73. The number of carbonyl (C=O) groups excluding carboxylic acids is 1. The van der Waals surface area contributed by atoms with Gasteiger partial charge in [0.1, 0.15) is 0 Å². The van der Waals surface area contributed by atoms with Gasteiger partial charge < -0.3 is 19.6 Å². The van der Waals surface area contributed by atoms with E-state index in [-0.39, 0.29) is 37.7 Å². The van der Waals surface area contributed by atoms with Crippen LogP contribution in [0.4, 0.5) is 32.0 Å². The van der Waals surface area contributed by atoms with Crippen molar-refractivity contribution in [2.24, 2.45) is 5.92 Å². The van der Waals surface area contributed by atoms with Crippen molar-refractivity contribution in [2.75, 3.05) is 44.3 Å². The first-order valence-electron chi connectivity index (χ1n) is 12.5. The molecule has 2 aliphatic heterocycles. The average Bonchev–Trinajstić information content (AvgIpc) is 2.91. The van der Waals surface area contributed by atoms with Crippen LogP contribution in [0.3, 0.4) is 0 Å². The van der Waals surface area contributed by atoms with E-state index in [4.69, 9.17) is 4.74 Å². The van der Waals surface area contributed by atoms with Gasteiger partial charge in [-0.2, -0.15) is 26.3 Å². The van der Waals surface area contributed by atoms with Gasteiger partial charge in [0.25, 0.3) is 0 Å². The summed E-state index contributed by atoms with van der Waals surface area (Å²) >= 11 is 0.536. The van der Waals surface area contributed by atoms with Crippen molar-refractivity contribution >= 4 is 35.4 Å². The number of ether oxygens (including phenoxy) is 1. The van der Waals surface area contributed by atoms with E-state index in [1.54, 1.807) is 17.0 Å². The lowest BCUT2D eigenvalue weighted by molar-refractivity contribution is -0.163. The van der Waals surface area contributed by atoms with Crippen LogP contribution in [-0.4, -0.2) is 61.3 Å². The van der Waals surface area contributed by atoms with Crippen molar-refractivity contribution in [3.05, 3.63) is 59.2 Å². The number of morpholine rings is 1. The van der Waals surface area contributed by atoms with E-state index in [1.807, 2.05) is 0 Å². The Morgan fingerprint density at radius 3 is 2.33 bits per heavy atom. The van der Waals surface area contributed by atoms with Crippen molar-refractivity contribution in [1.29, 1.82) is 0 Å². The summed E-state index contributed by atoms with van der Waals surface area (Å²) in [6.45, 7) is 1.75. The van der Waals surface area contributed by atoms with Crippen LogP contribution in [0.1, 0.15) is 29.5 Å². The molecule has 6 nitrogen and oxygen atoms in total. The number of aliphatic carboxylic acids is 1. The normalized spacial score (nSPS) is 18.8. The maximum absolute atomic E-state index is 14.2. The van der Waals surface area contributed by atoms with Gasteiger partial charge in [-0.05, 0) is 48.7 Å². The highest BCUT2D eigenvalue weighted by Crippen LogP contribution is 2.48. The number of nitrogens with zero attached hydrogens (tertiary/aromatic N) is 2. The van der Waals surface area contributed by atoms with Gasteiger partial charge in [-0.15, -0.1) is 0 Å². The molecule has 0 bridgehead atoms. The molecule has 2 saturated heterocycles. The predicted octanol–water partition coefficient (Wildman–Crippen LogP) is 6.05. The molecule has 2 heterocycles. The number of piperidine rings is 1. The quantitative estimate of drug-likeness (QED) is 0.328. The zero-order chi connectivity index (χ0) is 29.1. The van der Waals surface area contributed by atoms with Crippen LogP contribution in [0, 0.1) is 5.92 Å². The Bertz CT molecular complexity index is 1270. The number of alkyl halides is 6. The molecule has 40 heavy (non-hydrogen) atoms. The van der Waals surface area contributed by atoms with Crippen molar-refractivity contribution in [2.45, 2.75) is 35.0 Å². The SMILES string of the molecule is O=C(O)C1CCCN(c2cccc(Sc3ccc(/C=C/C(=O)N4CCOCC4)c(C(F)(F)F)c3C(F)(F)F)c2)C1. The van der Waals surface area contributed by atoms with Gasteiger partial charge in [-0.25, -0.2) is 0 Å². The Labute approximate surface area is 230 Å². The second-order valence-corrected chi connectivity index (χ2v) is 10.5. The first-order chi connectivity index (χ1) is 18.8. The third kappa shape index (κ3) is 7.11. The molecule has 216 valence electrons. The van der Waals surface area contributed by atoms with Crippen LogP contribution >= 0.6 is 11.8 Å². The molecule has 0 aliphatic carbocycles. The van der Waals surface area contributed by atoms with Gasteiger partial charge in [0.2, 0.25) is 5.91 Å². The Hall–Kier alpha value is -3.19. The number of carboxylic acid groups (broad SMARTS) is 1. The van der Waals surface area contributed by atoms with Gasteiger partial charge in [-0.3, -0.25) is 9.59 Å². The van der Waals surface area contributed by atoms with Crippen LogP contribution in [-0.2, 0) is 26.7 Å². The van der Waals surface area contributed by atoms with Gasteiger partial charge in [0.05, 0.1) is 30.3 Å². The summed E-state index contributed by atoms with van der Waals surface area (Å²) in [5.41, 5.74) is -3.90. The van der Waals surface area contributed by atoms with Gasteiger partial charge in [0.15, 0.2) is 0 Å². The van der Waals surface area contributed by atoms with Crippen LogP contribution in [0.25, 0.3) is 6.08 Å². The molecular formula is C27H26F6N2O4S. The summed E-state index contributed by atoms with van der Waals surface area (Å²) in [5.74, 6) is -2.15. The summed E-state index contributed by atoms with van der Waals surface area (Å²) in [4.78, 5) is 26.6. The van der Waals surface area contributed by atoms with Gasteiger partial charge in [-0.1, -0.05) is 23.9 Å². The highest BCUT2D eigenvalue weighted by molar-refractivity contribution is 7.99. The van der Waals surface area contributed by atoms with E-state index >= 15 is 0 Å². The first-order valence-corrected chi connectivity index (χ1v) is 13.3. The maximum Gasteiger partial charge on any atom is 0.418 e. The number of carboxylic acids is 1. The number of anilines is 1. The number of amides is 1. The molecule has 4 rings (SSSR count). The Kier molecular flexibility index (Phi) is 9.03. The fraction of sp³-hybridized carbons (Fsp3) is 0.407. The van der Waals surface area contributed by atoms with Crippen LogP contribution in [0.15, 0.2) is 52.3 Å². The molecule has 0 aromatic heterocycles. The second-order valence-electron chi connectivity index (χ2n) is 9.39. The topological polar surface area (TPSA) is 70.1 Å². The molecule has 0 radical (unpaired) electrons. The van der Waals surface area contributed by atoms with Gasteiger partial charge in [0, 0.05) is 47.7 Å². The lowest BCUT2D eigenvalue weighted by Gasteiger charge is -2.32. The van der Waals surface area contributed by atoms with Crippen molar-refractivity contribution in [1.82, 2.24) is 4.90 Å². The molecule has 1 unspecified atom stereocenters. The van der Waals surface area contributed by atoms with Crippen molar-refractivity contribution < 1.29 is 45.8 Å². The van der Waals surface area contributed by atoms with E-state index in [0.717, 1.165) is 24.3 Å². The Morgan fingerprint density at radius 2 is 1.68 bits per heavy atom. The van der Waals surface area contributed by atoms with E-state index < -0.39 is 51.7 Å². The lowest BCUT2D eigenvalue weighted by Crippen LogP contribution is -2.39. The second kappa shape index (κ2) is 12.1. The molecule has 1 amide bonds. The smallest absolute Gasteiger partial charge is 0.418 e. The molecular weight excluding hydrogens is 562 g/mol.